The maximum atomic E-state index is 11.8. The van der Waals surface area contributed by atoms with Gasteiger partial charge in [-0.25, -0.2) is 0 Å². The summed E-state index contributed by atoms with van der Waals surface area (Å²) < 4.78 is 5.36. The van der Waals surface area contributed by atoms with Crippen LogP contribution in [0.25, 0.3) is 0 Å². The zero-order valence-corrected chi connectivity index (χ0v) is 9.38. The first-order chi connectivity index (χ1) is 6.44. The number of hydrogen-bond donors (Lipinski definition) is 1. The molecule has 0 spiro atoms. The van der Waals surface area contributed by atoms with E-state index in [4.69, 9.17) is 10.5 Å². The van der Waals surface area contributed by atoms with Gasteiger partial charge in [-0.2, -0.15) is 0 Å². The molecule has 0 aromatic carbocycles. The second-order valence-corrected chi connectivity index (χ2v) is 5.07. The van der Waals surface area contributed by atoms with Crippen LogP contribution in [-0.2, 0) is 9.53 Å². The summed E-state index contributed by atoms with van der Waals surface area (Å²) in [6.45, 7) is 6.30. The van der Waals surface area contributed by atoms with Crippen LogP contribution in [0, 0.1) is 11.8 Å². The molecular formula is C11H21NO2. The van der Waals surface area contributed by atoms with Gasteiger partial charge in [-0.05, 0) is 46.1 Å². The van der Waals surface area contributed by atoms with Crippen molar-refractivity contribution in [3.8, 4) is 0 Å². The minimum absolute atomic E-state index is 0.0409. The molecule has 0 bridgehead atoms. The lowest BCUT2D eigenvalue weighted by Crippen LogP contribution is -2.32. The zero-order valence-electron chi connectivity index (χ0n) is 9.38. The van der Waals surface area contributed by atoms with Gasteiger partial charge in [0, 0.05) is 0 Å². The summed E-state index contributed by atoms with van der Waals surface area (Å²) in [6, 6.07) is 0. The zero-order chi connectivity index (χ0) is 10.8. The van der Waals surface area contributed by atoms with Gasteiger partial charge in [0.15, 0.2) is 0 Å². The van der Waals surface area contributed by atoms with Crippen LogP contribution in [0.4, 0.5) is 0 Å². The number of ether oxygens (including phenoxy) is 1. The van der Waals surface area contributed by atoms with E-state index in [9.17, 15) is 4.79 Å². The Morgan fingerprint density at radius 2 is 2.07 bits per heavy atom. The molecule has 0 heterocycles. The summed E-state index contributed by atoms with van der Waals surface area (Å²) in [5.41, 5.74) is 5.24. The second kappa shape index (κ2) is 4.30. The molecule has 0 aromatic heterocycles. The van der Waals surface area contributed by atoms with Crippen molar-refractivity contribution in [1.82, 2.24) is 0 Å². The van der Waals surface area contributed by atoms with Crippen molar-refractivity contribution in [2.75, 3.05) is 6.54 Å². The molecule has 1 rings (SSSR count). The first-order valence-corrected chi connectivity index (χ1v) is 5.37. The number of nitrogens with two attached hydrogens (primary N) is 1. The average molecular weight is 199 g/mol. The molecule has 0 amide bonds. The van der Waals surface area contributed by atoms with Crippen LogP contribution in [0.2, 0.25) is 0 Å². The van der Waals surface area contributed by atoms with E-state index in [0.717, 1.165) is 19.3 Å². The highest BCUT2D eigenvalue weighted by Gasteiger charge is 2.34. The Kier molecular flexibility index (Phi) is 3.53. The fourth-order valence-corrected chi connectivity index (χ4v) is 2.01. The Balaban J connectivity index is 2.52. The quantitative estimate of drug-likeness (QED) is 0.689. The van der Waals surface area contributed by atoms with Crippen LogP contribution in [0.5, 0.6) is 0 Å². The van der Waals surface area contributed by atoms with Crippen molar-refractivity contribution < 1.29 is 9.53 Å². The molecule has 82 valence electrons. The number of carbonyl (C=O) groups is 1. The van der Waals surface area contributed by atoms with Crippen LogP contribution in [0.15, 0.2) is 0 Å². The van der Waals surface area contributed by atoms with E-state index in [1.807, 2.05) is 20.8 Å². The topological polar surface area (TPSA) is 52.3 Å². The number of hydrogen-bond acceptors (Lipinski definition) is 3. The van der Waals surface area contributed by atoms with E-state index >= 15 is 0 Å². The van der Waals surface area contributed by atoms with Crippen LogP contribution >= 0.6 is 0 Å². The van der Waals surface area contributed by atoms with Gasteiger partial charge in [0.1, 0.15) is 5.60 Å². The molecule has 1 fully saturated rings. The van der Waals surface area contributed by atoms with Crippen LogP contribution < -0.4 is 5.73 Å². The Bertz CT molecular complexity index is 208. The Labute approximate surface area is 86.0 Å². The van der Waals surface area contributed by atoms with Crippen molar-refractivity contribution in [3.63, 3.8) is 0 Å². The fourth-order valence-electron chi connectivity index (χ4n) is 2.01. The Hall–Kier alpha value is -0.570. The molecule has 1 saturated carbocycles. The first-order valence-electron chi connectivity index (χ1n) is 5.37. The highest BCUT2D eigenvalue weighted by atomic mass is 16.6. The van der Waals surface area contributed by atoms with Gasteiger partial charge in [-0.1, -0.05) is 6.42 Å². The van der Waals surface area contributed by atoms with Gasteiger partial charge in [0.25, 0.3) is 0 Å². The summed E-state index contributed by atoms with van der Waals surface area (Å²) in [5, 5.41) is 0. The van der Waals surface area contributed by atoms with E-state index in [-0.39, 0.29) is 17.5 Å². The van der Waals surface area contributed by atoms with Crippen LogP contribution in [0.3, 0.4) is 0 Å². The molecule has 0 aliphatic heterocycles. The largest absolute Gasteiger partial charge is 0.460 e. The first kappa shape index (κ1) is 11.5. The summed E-state index contributed by atoms with van der Waals surface area (Å²) in [6.07, 6.45) is 3.11. The highest BCUT2D eigenvalue weighted by Crippen LogP contribution is 2.32. The average Bonchev–Trinajstić information content (AvgIpc) is 2.47. The molecule has 0 aromatic rings. The maximum Gasteiger partial charge on any atom is 0.309 e. The minimum atomic E-state index is -0.376. The van der Waals surface area contributed by atoms with Gasteiger partial charge in [-0.15, -0.1) is 0 Å². The van der Waals surface area contributed by atoms with E-state index in [1.165, 1.54) is 0 Å². The second-order valence-electron chi connectivity index (χ2n) is 5.07. The third-order valence-electron chi connectivity index (χ3n) is 2.67. The highest BCUT2D eigenvalue weighted by molar-refractivity contribution is 5.73. The molecule has 2 atom stereocenters. The molecule has 1 aliphatic carbocycles. The summed E-state index contributed by atoms with van der Waals surface area (Å²) in [4.78, 5) is 11.8. The normalized spacial score (nSPS) is 27.7. The minimum Gasteiger partial charge on any atom is -0.460 e. The molecule has 1 aliphatic rings. The monoisotopic (exact) mass is 199 g/mol. The van der Waals surface area contributed by atoms with E-state index in [1.54, 1.807) is 0 Å². The van der Waals surface area contributed by atoms with E-state index < -0.39 is 0 Å². The SMILES string of the molecule is CC(C)(C)OC(=O)[C@H]1CCC[C@H]1CN. The Morgan fingerprint density at radius 1 is 1.43 bits per heavy atom. The lowest BCUT2D eigenvalue weighted by molar-refractivity contribution is -0.161. The van der Waals surface area contributed by atoms with Gasteiger partial charge >= 0.3 is 5.97 Å². The number of esters is 1. The van der Waals surface area contributed by atoms with Crippen molar-refractivity contribution in [2.24, 2.45) is 17.6 Å². The predicted octanol–water partition coefficient (Wildman–Crippen LogP) is 1.70. The maximum absolute atomic E-state index is 11.8. The lowest BCUT2D eigenvalue weighted by atomic mass is 9.96. The number of rotatable bonds is 2. The Morgan fingerprint density at radius 3 is 2.57 bits per heavy atom. The predicted molar refractivity (Wildman–Crippen MR) is 55.7 cm³/mol. The molecule has 3 nitrogen and oxygen atoms in total. The lowest BCUT2D eigenvalue weighted by Gasteiger charge is -2.24. The molecular weight excluding hydrogens is 178 g/mol. The van der Waals surface area contributed by atoms with Crippen molar-refractivity contribution in [2.45, 2.75) is 45.6 Å². The third-order valence-corrected chi connectivity index (χ3v) is 2.67. The third kappa shape index (κ3) is 2.98. The van der Waals surface area contributed by atoms with E-state index in [2.05, 4.69) is 0 Å². The molecule has 0 radical (unpaired) electrons. The molecule has 0 saturated heterocycles. The van der Waals surface area contributed by atoms with Crippen molar-refractivity contribution in [1.29, 1.82) is 0 Å². The van der Waals surface area contributed by atoms with Gasteiger partial charge in [0.05, 0.1) is 5.92 Å². The van der Waals surface area contributed by atoms with Crippen molar-refractivity contribution >= 4 is 5.97 Å². The fraction of sp³-hybridized carbons (Fsp3) is 0.909. The van der Waals surface area contributed by atoms with E-state index in [0.29, 0.717) is 12.5 Å². The molecule has 3 heteroatoms. The standard InChI is InChI=1S/C11H21NO2/c1-11(2,3)14-10(13)9-6-4-5-8(9)7-12/h8-9H,4-7,12H2,1-3H3/t8-,9-/m0/s1. The van der Waals surface area contributed by atoms with Crippen molar-refractivity contribution in [3.05, 3.63) is 0 Å². The van der Waals surface area contributed by atoms with Gasteiger partial charge in [0.2, 0.25) is 0 Å². The van der Waals surface area contributed by atoms with Gasteiger partial charge in [-0.3, -0.25) is 4.79 Å². The van der Waals surface area contributed by atoms with Crippen LogP contribution in [-0.4, -0.2) is 18.1 Å². The smallest absolute Gasteiger partial charge is 0.309 e. The summed E-state index contributed by atoms with van der Waals surface area (Å²) in [5.74, 6) is 0.314. The molecule has 0 unspecified atom stereocenters. The van der Waals surface area contributed by atoms with Crippen LogP contribution in [0.1, 0.15) is 40.0 Å². The molecule has 14 heavy (non-hydrogen) atoms. The van der Waals surface area contributed by atoms with Gasteiger partial charge < -0.3 is 10.5 Å². The molecule has 2 N–H and O–H groups in total. The summed E-state index contributed by atoms with van der Waals surface area (Å²) in [7, 11) is 0. The summed E-state index contributed by atoms with van der Waals surface area (Å²) >= 11 is 0. The number of carbonyl (C=O) groups excluding carboxylic acids is 1.